The molecule has 2 aromatic heterocycles. The van der Waals surface area contributed by atoms with Crippen LogP contribution < -0.4 is 11.1 Å². The molecule has 5 nitrogen and oxygen atoms in total. The van der Waals surface area contributed by atoms with Crippen molar-refractivity contribution in [3.05, 3.63) is 38.8 Å². The Hall–Kier alpha value is -2.23. The third-order valence-corrected chi connectivity index (χ3v) is 3.80. The summed E-state index contributed by atoms with van der Waals surface area (Å²) in [4.78, 5) is 22.0. The Labute approximate surface area is 127 Å². The first-order chi connectivity index (χ1) is 9.99. The van der Waals surface area contributed by atoms with Crippen molar-refractivity contribution in [2.75, 3.05) is 11.9 Å². The molecule has 0 bridgehead atoms. The topological polar surface area (TPSA) is 80.9 Å². The van der Waals surface area contributed by atoms with E-state index in [1.165, 1.54) is 11.3 Å². The van der Waals surface area contributed by atoms with Gasteiger partial charge in [0.15, 0.2) is 0 Å². The van der Waals surface area contributed by atoms with E-state index in [1.54, 1.807) is 0 Å². The molecule has 21 heavy (non-hydrogen) atoms. The van der Waals surface area contributed by atoms with Crippen molar-refractivity contribution in [1.82, 2.24) is 9.97 Å². The van der Waals surface area contributed by atoms with Gasteiger partial charge in [-0.15, -0.1) is 11.3 Å². The third kappa shape index (κ3) is 3.88. The molecule has 0 spiro atoms. The van der Waals surface area contributed by atoms with Crippen molar-refractivity contribution in [1.29, 1.82) is 0 Å². The third-order valence-electron chi connectivity index (χ3n) is 2.65. The Morgan fingerprint density at radius 2 is 1.95 bits per heavy atom. The second-order valence-electron chi connectivity index (χ2n) is 4.56. The number of amides is 1. The molecule has 2 aromatic rings. The first-order valence-electron chi connectivity index (χ1n) is 6.42. The number of hydrogen-bond acceptors (Lipinski definition) is 5. The lowest BCUT2D eigenvalue weighted by Crippen LogP contribution is -2.13. The first-order valence-corrected chi connectivity index (χ1v) is 7.24. The molecule has 2 rings (SSSR count). The molecule has 0 aliphatic heterocycles. The minimum atomic E-state index is -0.228. The van der Waals surface area contributed by atoms with Gasteiger partial charge in [-0.1, -0.05) is 11.8 Å². The zero-order valence-electron chi connectivity index (χ0n) is 12.2. The van der Waals surface area contributed by atoms with Gasteiger partial charge in [0.2, 0.25) is 5.95 Å². The number of rotatable bonds is 2. The number of carbonyl (C=O) groups excluding carboxylic acids is 1. The van der Waals surface area contributed by atoms with Crippen LogP contribution in [0.15, 0.2) is 12.1 Å². The van der Waals surface area contributed by atoms with E-state index in [-0.39, 0.29) is 5.91 Å². The molecular weight excluding hydrogens is 284 g/mol. The van der Waals surface area contributed by atoms with Gasteiger partial charge in [0.05, 0.1) is 16.3 Å². The predicted molar refractivity (Wildman–Crippen MR) is 84.4 cm³/mol. The summed E-state index contributed by atoms with van der Waals surface area (Å²) in [5.74, 6) is 5.85. The number of thiophene rings is 1. The standard InChI is InChI=1S/C15H16N4OS/c1-9-7-13(21-12(9)5-4-6-16)14(20)19-15-17-10(2)8-11(3)18-15/h7-8H,6,16H2,1-3H3,(H,17,18,19,20). The van der Waals surface area contributed by atoms with Crippen LogP contribution in [0.5, 0.6) is 0 Å². The summed E-state index contributed by atoms with van der Waals surface area (Å²) >= 11 is 1.34. The summed E-state index contributed by atoms with van der Waals surface area (Å²) in [7, 11) is 0. The van der Waals surface area contributed by atoms with Crippen molar-refractivity contribution < 1.29 is 4.79 Å². The Morgan fingerprint density at radius 1 is 1.29 bits per heavy atom. The molecule has 0 aliphatic carbocycles. The summed E-state index contributed by atoms with van der Waals surface area (Å²) in [6.45, 7) is 5.94. The largest absolute Gasteiger partial charge is 0.320 e. The van der Waals surface area contributed by atoms with Gasteiger partial charge < -0.3 is 5.73 Å². The molecule has 0 fully saturated rings. The van der Waals surface area contributed by atoms with Crippen LogP contribution in [0, 0.1) is 32.6 Å². The molecule has 0 unspecified atom stereocenters. The molecule has 108 valence electrons. The molecule has 1 amide bonds. The highest BCUT2D eigenvalue weighted by Gasteiger charge is 2.13. The molecule has 0 radical (unpaired) electrons. The molecule has 0 atom stereocenters. The molecule has 2 heterocycles. The average molecular weight is 300 g/mol. The second kappa shape index (κ2) is 6.48. The normalized spacial score (nSPS) is 9.90. The quantitative estimate of drug-likeness (QED) is 0.832. The summed E-state index contributed by atoms with van der Waals surface area (Å²) in [5, 5.41) is 2.71. The lowest BCUT2D eigenvalue weighted by Gasteiger charge is -2.03. The Balaban J connectivity index is 2.20. The number of nitrogens with zero attached hydrogens (tertiary/aromatic N) is 2. The van der Waals surface area contributed by atoms with Gasteiger partial charge >= 0.3 is 0 Å². The van der Waals surface area contributed by atoms with Crippen molar-refractivity contribution in [3.8, 4) is 11.8 Å². The van der Waals surface area contributed by atoms with Gasteiger partial charge in [0.25, 0.3) is 5.91 Å². The van der Waals surface area contributed by atoms with Gasteiger partial charge in [-0.3, -0.25) is 10.1 Å². The van der Waals surface area contributed by atoms with E-state index in [4.69, 9.17) is 5.73 Å². The number of aromatic nitrogens is 2. The second-order valence-corrected chi connectivity index (χ2v) is 5.61. The molecule has 0 aromatic carbocycles. The average Bonchev–Trinajstić information content (AvgIpc) is 2.76. The number of hydrogen-bond donors (Lipinski definition) is 2. The Kier molecular flexibility index (Phi) is 4.68. The van der Waals surface area contributed by atoms with Crippen LogP contribution in [0.1, 0.15) is 31.5 Å². The molecule has 3 N–H and O–H groups in total. The van der Waals surface area contributed by atoms with Crippen LogP contribution in [0.2, 0.25) is 0 Å². The highest BCUT2D eigenvalue weighted by atomic mass is 32.1. The van der Waals surface area contributed by atoms with Crippen molar-refractivity contribution >= 4 is 23.2 Å². The smallest absolute Gasteiger partial charge is 0.268 e. The molecule has 0 saturated heterocycles. The molecule has 0 saturated carbocycles. The van der Waals surface area contributed by atoms with Crippen LogP contribution in [0.4, 0.5) is 5.95 Å². The van der Waals surface area contributed by atoms with E-state index in [0.717, 1.165) is 21.8 Å². The summed E-state index contributed by atoms with van der Waals surface area (Å²) in [6, 6.07) is 3.66. The SMILES string of the molecule is Cc1cc(C)nc(NC(=O)c2cc(C)c(C#CCN)s2)n1. The van der Waals surface area contributed by atoms with Crippen molar-refractivity contribution in [3.63, 3.8) is 0 Å². The fraction of sp³-hybridized carbons (Fsp3) is 0.267. The maximum Gasteiger partial charge on any atom is 0.268 e. The van der Waals surface area contributed by atoms with E-state index in [0.29, 0.717) is 17.4 Å². The fourth-order valence-electron chi connectivity index (χ4n) is 1.79. The Morgan fingerprint density at radius 3 is 2.57 bits per heavy atom. The number of anilines is 1. The minimum absolute atomic E-state index is 0.228. The zero-order valence-corrected chi connectivity index (χ0v) is 13.0. The number of nitrogens with two attached hydrogens (primary N) is 1. The highest BCUT2D eigenvalue weighted by molar-refractivity contribution is 7.14. The number of aryl methyl sites for hydroxylation is 3. The number of nitrogens with one attached hydrogen (secondary N) is 1. The molecule has 6 heteroatoms. The van der Waals surface area contributed by atoms with E-state index in [1.807, 2.05) is 32.9 Å². The van der Waals surface area contributed by atoms with E-state index in [2.05, 4.69) is 27.1 Å². The van der Waals surface area contributed by atoms with Crippen LogP contribution >= 0.6 is 11.3 Å². The lowest BCUT2D eigenvalue weighted by molar-refractivity contribution is 0.102. The van der Waals surface area contributed by atoms with Crippen LogP contribution in [0.25, 0.3) is 0 Å². The maximum absolute atomic E-state index is 12.2. The van der Waals surface area contributed by atoms with E-state index < -0.39 is 0 Å². The minimum Gasteiger partial charge on any atom is -0.320 e. The Bertz CT molecular complexity index is 720. The van der Waals surface area contributed by atoms with E-state index in [9.17, 15) is 4.79 Å². The van der Waals surface area contributed by atoms with Gasteiger partial charge in [-0.05, 0) is 38.5 Å². The van der Waals surface area contributed by atoms with Crippen LogP contribution in [0.3, 0.4) is 0 Å². The summed E-state index contributed by atoms with van der Waals surface area (Å²) in [5.41, 5.74) is 7.95. The van der Waals surface area contributed by atoms with Crippen LogP contribution in [-0.2, 0) is 0 Å². The van der Waals surface area contributed by atoms with E-state index >= 15 is 0 Å². The summed E-state index contributed by atoms with van der Waals surface area (Å²) in [6.07, 6.45) is 0. The van der Waals surface area contributed by atoms with Crippen molar-refractivity contribution in [2.24, 2.45) is 5.73 Å². The van der Waals surface area contributed by atoms with Gasteiger partial charge in [-0.2, -0.15) is 0 Å². The molecule has 0 aliphatic rings. The maximum atomic E-state index is 12.2. The fourth-order valence-corrected chi connectivity index (χ4v) is 2.74. The van der Waals surface area contributed by atoms with Crippen molar-refractivity contribution in [2.45, 2.75) is 20.8 Å². The van der Waals surface area contributed by atoms with Crippen LogP contribution in [-0.4, -0.2) is 22.4 Å². The highest BCUT2D eigenvalue weighted by Crippen LogP contribution is 2.21. The molecular formula is C15H16N4OS. The van der Waals surface area contributed by atoms with Gasteiger partial charge in [0, 0.05) is 11.4 Å². The number of carbonyl (C=O) groups is 1. The van der Waals surface area contributed by atoms with Gasteiger partial charge in [0.1, 0.15) is 0 Å². The zero-order chi connectivity index (χ0) is 15.4. The van der Waals surface area contributed by atoms with Gasteiger partial charge in [-0.25, -0.2) is 9.97 Å². The lowest BCUT2D eigenvalue weighted by atomic mass is 10.2. The first kappa shape index (κ1) is 15.2. The summed E-state index contributed by atoms with van der Waals surface area (Å²) < 4.78 is 0. The monoisotopic (exact) mass is 300 g/mol. The predicted octanol–water partition coefficient (Wildman–Crippen LogP) is 2.03.